The lowest BCUT2D eigenvalue weighted by atomic mass is 10.1. The van der Waals surface area contributed by atoms with Crippen LogP contribution in [0.15, 0.2) is 29.6 Å². The van der Waals surface area contributed by atoms with Gasteiger partial charge in [-0.05, 0) is 19.9 Å². The molecule has 1 atom stereocenters. The number of thiazole rings is 1. The van der Waals surface area contributed by atoms with Crippen molar-refractivity contribution >= 4 is 11.3 Å². The van der Waals surface area contributed by atoms with Crippen molar-refractivity contribution in [1.82, 2.24) is 4.98 Å². The molecule has 0 spiro atoms. The summed E-state index contributed by atoms with van der Waals surface area (Å²) in [5, 5.41) is 3.08. The van der Waals surface area contributed by atoms with Crippen LogP contribution in [0.2, 0.25) is 0 Å². The molecule has 0 saturated carbocycles. The highest BCUT2D eigenvalue weighted by Crippen LogP contribution is 2.25. The van der Waals surface area contributed by atoms with Crippen molar-refractivity contribution in [3.63, 3.8) is 0 Å². The number of rotatable bonds is 2. The number of aromatic nitrogens is 1. The molecule has 2 nitrogen and oxygen atoms in total. The molecule has 3 heteroatoms. The fourth-order valence-corrected chi connectivity index (χ4v) is 2.33. The Bertz CT molecular complexity index is 460. The Balaban J connectivity index is 2.37. The molecule has 2 rings (SSSR count). The van der Waals surface area contributed by atoms with Crippen LogP contribution >= 0.6 is 11.3 Å². The van der Waals surface area contributed by atoms with E-state index in [0.29, 0.717) is 0 Å². The molecule has 1 aromatic heterocycles. The Morgan fingerprint density at radius 1 is 1.40 bits per heavy atom. The molecule has 0 aliphatic rings. The Morgan fingerprint density at radius 3 is 2.80 bits per heavy atom. The third-order valence-electron chi connectivity index (χ3n) is 2.25. The summed E-state index contributed by atoms with van der Waals surface area (Å²) in [6.45, 7) is 4.04. The van der Waals surface area contributed by atoms with E-state index in [0.717, 1.165) is 10.7 Å². The number of hydrogen-bond acceptors (Lipinski definition) is 3. The van der Waals surface area contributed by atoms with E-state index in [9.17, 15) is 0 Å². The monoisotopic (exact) mass is 218 g/mol. The van der Waals surface area contributed by atoms with E-state index in [1.54, 1.807) is 11.3 Å². The fourth-order valence-electron chi connectivity index (χ4n) is 1.41. The maximum atomic E-state index is 5.78. The molecule has 0 saturated heterocycles. The molecule has 0 radical (unpaired) electrons. The minimum absolute atomic E-state index is 0.0137. The van der Waals surface area contributed by atoms with Gasteiger partial charge in [-0.25, -0.2) is 4.98 Å². The predicted molar refractivity (Wildman–Crippen MR) is 64.9 cm³/mol. The summed E-state index contributed by atoms with van der Waals surface area (Å²) < 4.78 is 0. The summed E-state index contributed by atoms with van der Waals surface area (Å²) in [5.74, 6) is 0. The Labute approximate surface area is 93.8 Å². The molecule has 0 bridgehead atoms. The normalized spacial score (nSPS) is 12.7. The van der Waals surface area contributed by atoms with Gasteiger partial charge in [-0.15, -0.1) is 11.3 Å². The van der Waals surface area contributed by atoms with Gasteiger partial charge in [-0.3, -0.25) is 0 Å². The molecule has 0 unspecified atom stereocenters. The van der Waals surface area contributed by atoms with Crippen LogP contribution < -0.4 is 5.73 Å². The molecule has 0 aliphatic heterocycles. The molecule has 0 aliphatic carbocycles. The minimum atomic E-state index is 0.0137. The third-order valence-corrected chi connectivity index (χ3v) is 3.16. The average molecular weight is 218 g/mol. The lowest BCUT2D eigenvalue weighted by molar-refractivity contribution is 0.790. The van der Waals surface area contributed by atoms with Gasteiger partial charge in [-0.2, -0.15) is 0 Å². The molecule has 0 fully saturated rings. The van der Waals surface area contributed by atoms with Crippen molar-refractivity contribution in [2.45, 2.75) is 19.9 Å². The fraction of sp³-hybridized carbons (Fsp3) is 0.250. The summed E-state index contributed by atoms with van der Waals surface area (Å²) in [7, 11) is 0. The highest BCUT2D eigenvalue weighted by molar-refractivity contribution is 7.13. The maximum absolute atomic E-state index is 5.78. The second kappa shape index (κ2) is 4.13. The second-order valence-corrected chi connectivity index (χ2v) is 4.59. The summed E-state index contributed by atoms with van der Waals surface area (Å²) in [6, 6.07) is 8.38. The van der Waals surface area contributed by atoms with Gasteiger partial charge in [0.25, 0.3) is 0 Å². The van der Waals surface area contributed by atoms with E-state index in [1.165, 1.54) is 11.1 Å². The summed E-state index contributed by atoms with van der Waals surface area (Å²) in [5.41, 5.74) is 9.18. The highest BCUT2D eigenvalue weighted by Gasteiger charge is 2.07. The van der Waals surface area contributed by atoms with Gasteiger partial charge in [0.1, 0.15) is 5.01 Å². The smallest absolute Gasteiger partial charge is 0.123 e. The minimum Gasteiger partial charge on any atom is -0.323 e. The number of hydrogen-bond donors (Lipinski definition) is 1. The van der Waals surface area contributed by atoms with Gasteiger partial charge in [-0.1, -0.05) is 23.8 Å². The highest BCUT2D eigenvalue weighted by atomic mass is 32.1. The van der Waals surface area contributed by atoms with Crippen molar-refractivity contribution in [2.24, 2.45) is 5.73 Å². The van der Waals surface area contributed by atoms with Crippen LogP contribution in [0.3, 0.4) is 0 Å². The predicted octanol–water partition coefficient (Wildman–Crippen LogP) is 3.14. The quantitative estimate of drug-likeness (QED) is 0.841. The van der Waals surface area contributed by atoms with E-state index >= 15 is 0 Å². The first kappa shape index (κ1) is 10.3. The lowest BCUT2D eigenvalue weighted by Gasteiger charge is -1.99. The first-order valence-electron chi connectivity index (χ1n) is 4.95. The van der Waals surface area contributed by atoms with Crippen LogP contribution in [0.25, 0.3) is 10.6 Å². The topological polar surface area (TPSA) is 38.9 Å². The number of benzene rings is 1. The van der Waals surface area contributed by atoms with Gasteiger partial charge in [0.15, 0.2) is 0 Å². The zero-order valence-electron chi connectivity index (χ0n) is 8.90. The largest absolute Gasteiger partial charge is 0.323 e. The number of aryl methyl sites for hydroxylation is 1. The lowest BCUT2D eigenvalue weighted by Crippen LogP contribution is -2.04. The third kappa shape index (κ3) is 2.25. The van der Waals surface area contributed by atoms with Crippen LogP contribution in [0.5, 0.6) is 0 Å². The zero-order valence-corrected chi connectivity index (χ0v) is 9.71. The molecular formula is C12H14N2S. The van der Waals surface area contributed by atoms with Crippen molar-refractivity contribution in [3.8, 4) is 10.6 Å². The number of nitrogens with two attached hydrogens (primary N) is 1. The molecule has 2 aromatic rings. The molecule has 78 valence electrons. The molecule has 1 heterocycles. The summed E-state index contributed by atoms with van der Waals surface area (Å²) >= 11 is 1.65. The Kier molecular flexibility index (Phi) is 2.84. The molecule has 0 amide bonds. The van der Waals surface area contributed by atoms with Crippen LogP contribution in [0.4, 0.5) is 0 Å². The van der Waals surface area contributed by atoms with Crippen LogP contribution in [-0.2, 0) is 0 Å². The van der Waals surface area contributed by atoms with Gasteiger partial charge in [0.05, 0.1) is 5.69 Å². The first-order valence-corrected chi connectivity index (χ1v) is 5.83. The molecular weight excluding hydrogens is 204 g/mol. The number of nitrogens with zero attached hydrogens (tertiary/aromatic N) is 1. The molecule has 2 N–H and O–H groups in total. The Hall–Kier alpha value is -1.19. The van der Waals surface area contributed by atoms with E-state index < -0.39 is 0 Å². The first-order chi connectivity index (χ1) is 7.16. The van der Waals surface area contributed by atoms with Gasteiger partial charge < -0.3 is 5.73 Å². The van der Waals surface area contributed by atoms with Crippen LogP contribution in [0, 0.1) is 6.92 Å². The van der Waals surface area contributed by atoms with Gasteiger partial charge in [0.2, 0.25) is 0 Å². The van der Waals surface area contributed by atoms with Crippen LogP contribution in [0.1, 0.15) is 24.2 Å². The van der Waals surface area contributed by atoms with Crippen molar-refractivity contribution in [2.75, 3.05) is 0 Å². The summed E-state index contributed by atoms with van der Waals surface area (Å²) in [4.78, 5) is 4.51. The van der Waals surface area contributed by atoms with E-state index in [1.807, 2.05) is 12.3 Å². The maximum Gasteiger partial charge on any atom is 0.123 e. The second-order valence-electron chi connectivity index (χ2n) is 3.74. The van der Waals surface area contributed by atoms with Crippen molar-refractivity contribution in [1.29, 1.82) is 0 Å². The van der Waals surface area contributed by atoms with E-state index in [2.05, 4.69) is 36.2 Å². The van der Waals surface area contributed by atoms with Gasteiger partial charge in [0, 0.05) is 17.0 Å². The summed E-state index contributed by atoms with van der Waals surface area (Å²) in [6.07, 6.45) is 0. The van der Waals surface area contributed by atoms with Crippen molar-refractivity contribution in [3.05, 3.63) is 40.9 Å². The van der Waals surface area contributed by atoms with Gasteiger partial charge >= 0.3 is 0 Å². The van der Waals surface area contributed by atoms with E-state index in [4.69, 9.17) is 5.73 Å². The zero-order chi connectivity index (χ0) is 10.8. The van der Waals surface area contributed by atoms with Crippen molar-refractivity contribution < 1.29 is 0 Å². The average Bonchev–Trinajstić information content (AvgIpc) is 2.66. The van der Waals surface area contributed by atoms with Crippen LogP contribution in [-0.4, -0.2) is 4.98 Å². The molecule has 15 heavy (non-hydrogen) atoms. The molecule has 1 aromatic carbocycles. The SMILES string of the molecule is Cc1cccc(-c2nc([C@@H](C)N)cs2)c1. The Morgan fingerprint density at radius 2 is 2.20 bits per heavy atom. The standard InChI is InChI=1S/C12H14N2S/c1-8-4-3-5-10(6-8)12-14-11(7-15-12)9(2)13/h3-7,9H,13H2,1-2H3/t9-/m1/s1. The van der Waals surface area contributed by atoms with E-state index in [-0.39, 0.29) is 6.04 Å².